The van der Waals surface area contributed by atoms with Crippen molar-refractivity contribution in [3.05, 3.63) is 71.9 Å². The van der Waals surface area contributed by atoms with Crippen molar-refractivity contribution in [3.8, 4) is 22.8 Å². The van der Waals surface area contributed by atoms with Crippen molar-refractivity contribution in [3.63, 3.8) is 0 Å². The maximum absolute atomic E-state index is 12.7. The van der Waals surface area contributed by atoms with Crippen LogP contribution in [0.15, 0.2) is 60.7 Å². The number of hydrogen-bond donors (Lipinski definition) is 0. The van der Waals surface area contributed by atoms with Crippen molar-refractivity contribution in [1.29, 1.82) is 0 Å². The summed E-state index contributed by atoms with van der Waals surface area (Å²) < 4.78 is 30.5. The van der Waals surface area contributed by atoms with Crippen LogP contribution in [0, 0.1) is 5.92 Å². The van der Waals surface area contributed by atoms with Gasteiger partial charge >= 0.3 is 0 Å². The molecule has 3 fully saturated rings. The Hall–Kier alpha value is -4.09. The van der Waals surface area contributed by atoms with Gasteiger partial charge in [-0.05, 0) is 72.9 Å². The predicted octanol–water partition coefficient (Wildman–Crippen LogP) is 5.29. The molecule has 0 bridgehead atoms. The highest BCUT2D eigenvalue weighted by Gasteiger charge is 2.34. The van der Waals surface area contributed by atoms with Crippen molar-refractivity contribution >= 4 is 32.5 Å². The Morgan fingerprint density at radius 1 is 0.957 bits per heavy atom. The van der Waals surface area contributed by atoms with E-state index in [0.29, 0.717) is 42.1 Å². The number of fused-ring (bicyclic) bond motifs is 1. The largest absolute Gasteiger partial charge is 0.457 e. The molecule has 10 nitrogen and oxygen atoms in total. The number of sulfone groups is 1. The number of benzene rings is 2. The SMILES string of the molecule is CC(C)c1ccc(-c2ccc(Oc3cc4nc(N5CCN([C@H]6CCS(=O)(=O)C6)CC5)ccc4cc3CN3C[C@@H](C)CC3=O)cc2)nn1. The van der Waals surface area contributed by atoms with Crippen LogP contribution in [0.3, 0.4) is 0 Å². The number of hydrogen-bond acceptors (Lipinski definition) is 9. The summed E-state index contributed by atoms with van der Waals surface area (Å²) in [4.78, 5) is 24.3. The Bertz CT molecular complexity index is 1870. The van der Waals surface area contributed by atoms with Gasteiger partial charge in [0.15, 0.2) is 9.84 Å². The minimum Gasteiger partial charge on any atom is -0.457 e. The van der Waals surface area contributed by atoms with E-state index in [1.807, 2.05) is 47.4 Å². The highest BCUT2D eigenvalue weighted by atomic mass is 32.2. The third kappa shape index (κ3) is 6.96. The average molecular weight is 655 g/mol. The van der Waals surface area contributed by atoms with Gasteiger partial charge < -0.3 is 14.5 Å². The molecule has 3 saturated heterocycles. The number of likely N-dealkylation sites (tertiary alicyclic amines) is 1. The molecule has 3 aliphatic heterocycles. The van der Waals surface area contributed by atoms with Gasteiger partial charge in [-0.1, -0.05) is 20.8 Å². The fourth-order valence-corrected chi connectivity index (χ4v) is 8.68. The predicted molar refractivity (Wildman–Crippen MR) is 183 cm³/mol. The van der Waals surface area contributed by atoms with E-state index in [1.54, 1.807) is 0 Å². The molecule has 5 heterocycles. The molecule has 0 saturated carbocycles. The molecule has 0 spiro atoms. The Morgan fingerprint density at radius 3 is 2.38 bits per heavy atom. The zero-order chi connectivity index (χ0) is 32.7. The summed E-state index contributed by atoms with van der Waals surface area (Å²) in [7, 11) is -2.90. The molecule has 47 heavy (non-hydrogen) atoms. The lowest BCUT2D eigenvalue weighted by Gasteiger charge is -2.38. The quantitative estimate of drug-likeness (QED) is 0.251. The molecule has 2 aromatic carbocycles. The van der Waals surface area contributed by atoms with Crippen LogP contribution in [-0.4, -0.2) is 89.6 Å². The fraction of sp³-hybridized carbons (Fsp3) is 0.444. The van der Waals surface area contributed by atoms with E-state index in [-0.39, 0.29) is 17.7 Å². The van der Waals surface area contributed by atoms with Crippen LogP contribution in [0.25, 0.3) is 22.2 Å². The van der Waals surface area contributed by atoms with Gasteiger partial charge in [0.1, 0.15) is 17.3 Å². The molecule has 11 heteroatoms. The van der Waals surface area contributed by atoms with Gasteiger partial charge in [-0.3, -0.25) is 9.69 Å². The second-order valence-corrected chi connectivity index (χ2v) is 15.8. The molecule has 2 atom stereocenters. The fourth-order valence-electron chi connectivity index (χ4n) is 6.92. The molecule has 246 valence electrons. The van der Waals surface area contributed by atoms with Crippen LogP contribution in [0.1, 0.15) is 50.8 Å². The number of pyridine rings is 1. The van der Waals surface area contributed by atoms with Gasteiger partial charge in [0.05, 0.1) is 28.4 Å². The first-order valence-corrected chi connectivity index (χ1v) is 18.4. The molecular formula is C36H42N6O4S. The zero-order valence-corrected chi connectivity index (χ0v) is 28.1. The van der Waals surface area contributed by atoms with E-state index in [4.69, 9.17) is 9.72 Å². The number of carbonyl (C=O) groups is 1. The first kappa shape index (κ1) is 31.5. The van der Waals surface area contributed by atoms with Crippen molar-refractivity contribution in [2.75, 3.05) is 49.1 Å². The highest BCUT2D eigenvalue weighted by Crippen LogP contribution is 2.34. The van der Waals surface area contributed by atoms with E-state index in [9.17, 15) is 13.2 Å². The number of anilines is 1. The summed E-state index contributed by atoms with van der Waals surface area (Å²) in [5.41, 5.74) is 4.48. The molecule has 0 N–H and O–H groups in total. The van der Waals surface area contributed by atoms with Gasteiger partial charge in [-0.2, -0.15) is 10.2 Å². The molecular weight excluding hydrogens is 613 g/mol. The number of piperazine rings is 1. The van der Waals surface area contributed by atoms with Crippen LogP contribution >= 0.6 is 0 Å². The first-order chi connectivity index (χ1) is 22.6. The summed E-state index contributed by atoms with van der Waals surface area (Å²) in [6, 6.07) is 20.2. The van der Waals surface area contributed by atoms with Crippen LogP contribution in [0.4, 0.5) is 5.82 Å². The maximum atomic E-state index is 12.7. The van der Waals surface area contributed by atoms with Crippen molar-refractivity contribution < 1.29 is 17.9 Å². The minimum atomic E-state index is -2.90. The van der Waals surface area contributed by atoms with Gasteiger partial charge in [0.25, 0.3) is 0 Å². The van der Waals surface area contributed by atoms with Crippen molar-refractivity contribution in [2.45, 2.75) is 52.1 Å². The van der Waals surface area contributed by atoms with E-state index in [2.05, 4.69) is 59.0 Å². The Balaban J connectivity index is 1.13. The smallest absolute Gasteiger partial charge is 0.223 e. The van der Waals surface area contributed by atoms with Gasteiger partial charge in [-0.25, -0.2) is 13.4 Å². The number of carbonyl (C=O) groups excluding carboxylic acids is 1. The van der Waals surface area contributed by atoms with E-state index < -0.39 is 9.84 Å². The van der Waals surface area contributed by atoms with E-state index >= 15 is 0 Å². The van der Waals surface area contributed by atoms with Crippen LogP contribution in [0.5, 0.6) is 11.5 Å². The van der Waals surface area contributed by atoms with Crippen molar-refractivity contribution in [1.82, 2.24) is 25.0 Å². The molecule has 0 unspecified atom stereocenters. The molecule has 3 aliphatic rings. The Kier molecular flexibility index (Phi) is 8.61. The lowest BCUT2D eigenvalue weighted by molar-refractivity contribution is -0.128. The number of amides is 1. The molecule has 1 amide bonds. The van der Waals surface area contributed by atoms with Gasteiger partial charge in [-0.15, -0.1) is 0 Å². The third-order valence-corrected chi connectivity index (χ3v) is 11.4. The minimum absolute atomic E-state index is 0.128. The van der Waals surface area contributed by atoms with Crippen LogP contribution < -0.4 is 9.64 Å². The highest BCUT2D eigenvalue weighted by molar-refractivity contribution is 7.91. The lowest BCUT2D eigenvalue weighted by Crippen LogP contribution is -2.51. The van der Waals surface area contributed by atoms with E-state index in [1.165, 1.54) is 0 Å². The number of aromatic nitrogens is 3. The topological polar surface area (TPSA) is 109 Å². The number of nitrogens with zero attached hydrogens (tertiary/aromatic N) is 6. The van der Waals surface area contributed by atoms with E-state index in [0.717, 1.165) is 78.4 Å². The lowest BCUT2D eigenvalue weighted by atomic mass is 10.1. The summed E-state index contributed by atoms with van der Waals surface area (Å²) in [5.74, 6) is 3.65. The number of ether oxygens (including phenoxy) is 1. The standard InChI is InChI=1S/C36H42N6O4S/c1-24(2)31-9-10-32(39-38-31)26-4-7-30(8-5-26)46-34-20-33-27(19-28(34)22-42-21-25(3)18-36(42)43)6-11-35(37-33)41-15-13-40(14-16-41)29-12-17-47(44,45)23-29/h4-11,19-20,24-25,29H,12-18,21-23H2,1-3H3/t25-,29-/m0/s1. The number of rotatable bonds is 8. The van der Waals surface area contributed by atoms with Crippen LogP contribution in [-0.2, 0) is 21.2 Å². The molecule has 0 radical (unpaired) electrons. The Morgan fingerprint density at radius 2 is 1.74 bits per heavy atom. The monoisotopic (exact) mass is 654 g/mol. The second kappa shape index (κ2) is 12.8. The first-order valence-electron chi connectivity index (χ1n) is 16.6. The second-order valence-electron chi connectivity index (χ2n) is 13.6. The summed E-state index contributed by atoms with van der Waals surface area (Å²) in [6.07, 6.45) is 1.30. The molecule has 4 aromatic rings. The summed E-state index contributed by atoms with van der Waals surface area (Å²) >= 11 is 0. The maximum Gasteiger partial charge on any atom is 0.223 e. The summed E-state index contributed by atoms with van der Waals surface area (Å²) in [5, 5.41) is 9.77. The van der Waals surface area contributed by atoms with Crippen LogP contribution in [0.2, 0.25) is 0 Å². The third-order valence-electron chi connectivity index (χ3n) is 9.64. The van der Waals surface area contributed by atoms with Gasteiger partial charge in [0.2, 0.25) is 5.91 Å². The zero-order valence-electron chi connectivity index (χ0n) is 27.3. The average Bonchev–Trinajstić information content (AvgIpc) is 3.60. The normalized spacial score (nSPS) is 21.7. The molecule has 7 rings (SSSR count). The van der Waals surface area contributed by atoms with Crippen molar-refractivity contribution in [2.24, 2.45) is 5.92 Å². The van der Waals surface area contributed by atoms with Gasteiger partial charge in [0, 0.05) is 74.3 Å². The molecule has 2 aromatic heterocycles. The summed E-state index contributed by atoms with van der Waals surface area (Å²) in [6.45, 7) is 10.7. The Labute approximate surface area is 276 Å². The molecule has 0 aliphatic carbocycles.